The molecule has 1 N–H and O–H groups in total. The molecule has 0 amide bonds. The molecule has 0 aliphatic carbocycles. The van der Waals surface area contributed by atoms with Gasteiger partial charge in [-0.05, 0) is 63.7 Å². The van der Waals surface area contributed by atoms with Gasteiger partial charge in [-0.1, -0.05) is 43.7 Å². The van der Waals surface area contributed by atoms with Crippen molar-refractivity contribution in [3.63, 3.8) is 0 Å². The lowest BCUT2D eigenvalue weighted by atomic mass is 9.82. The van der Waals surface area contributed by atoms with Crippen molar-refractivity contribution in [2.45, 2.75) is 52.5 Å². The maximum absolute atomic E-state index is 3.48. The number of hydrogen-bond acceptors (Lipinski definition) is 2. The van der Waals surface area contributed by atoms with Gasteiger partial charge in [0.2, 0.25) is 0 Å². The first-order chi connectivity index (χ1) is 10.1. The van der Waals surface area contributed by atoms with Crippen molar-refractivity contribution in [3.05, 3.63) is 35.4 Å². The van der Waals surface area contributed by atoms with Crippen LogP contribution in [0.15, 0.2) is 24.3 Å². The summed E-state index contributed by atoms with van der Waals surface area (Å²) in [4.78, 5) is 2.67. The zero-order chi connectivity index (χ0) is 15.3. The molecule has 1 aromatic carbocycles. The molecule has 2 heteroatoms. The van der Waals surface area contributed by atoms with Crippen LogP contribution < -0.4 is 5.32 Å². The molecule has 21 heavy (non-hydrogen) atoms. The first-order valence-electron chi connectivity index (χ1n) is 8.58. The Morgan fingerprint density at radius 3 is 2.38 bits per heavy atom. The molecule has 1 unspecified atom stereocenters. The van der Waals surface area contributed by atoms with Crippen molar-refractivity contribution >= 4 is 0 Å². The Bertz CT molecular complexity index is 420. The third-order valence-corrected chi connectivity index (χ3v) is 5.58. The lowest BCUT2D eigenvalue weighted by Crippen LogP contribution is -2.29. The molecule has 1 aliphatic rings. The van der Waals surface area contributed by atoms with Crippen molar-refractivity contribution in [3.8, 4) is 0 Å². The Kier molecular flexibility index (Phi) is 5.83. The first-order valence-corrected chi connectivity index (χ1v) is 8.58. The highest BCUT2D eigenvalue weighted by atomic mass is 15.2. The summed E-state index contributed by atoms with van der Waals surface area (Å²) in [6.07, 6.45) is 5.23. The van der Waals surface area contributed by atoms with Crippen LogP contribution in [0.3, 0.4) is 0 Å². The van der Waals surface area contributed by atoms with E-state index in [0.29, 0.717) is 11.5 Å². The molecule has 1 atom stereocenters. The fourth-order valence-electron chi connectivity index (χ4n) is 3.63. The van der Waals surface area contributed by atoms with Crippen LogP contribution in [0.5, 0.6) is 0 Å². The minimum absolute atomic E-state index is 0.476. The largest absolute Gasteiger partial charge is 0.313 e. The third kappa shape index (κ3) is 4.08. The Balaban J connectivity index is 1.88. The van der Waals surface area contributed by atoms with Gasteiger partial charge < -0.3 is 10.2 Å². The van der Waals surface area contributed by atoms with Crippen molar-refractivity contribution < 1.29 is 0 Å². The van der Waals surface area contributed by atoms with Crippen LogP contribution in [0.25, 0.3) is 0 Å². The second-order valence-corrected chi connectivity index (χ2v) is 6.77. The second-order valence-electron chi connectivity index (χ2n) is 6.77. The molecule has 2 nitrogen and oxygen atoms in total. The van der Waals surface area contributed by atoms with E-state index in [9.17, 15) is 0 Å². The van der Waals surface area contributed by atoms with E-state index in [0.717, 1.165) is 0 Å². The SMILES string of the molecule is CCC1(CC)CCN(CCC(NC)c2ccc(C)cc2)C1. The summed E-state index contributed by atoms with van der Waals surface area (Å²) < 4.78 is 0. The minimum Gasteiger partial charge on any atom is -0.313 e. The maximum atomic E-state index is 3.48. The van der Waals surface area contributed by atoms with Gasteiger partial charge in [0.15, 0.2) is 0 Å². The van der Waals surface area contributed by atoms with Gasteiger partial charge in [0.05, 0.1) is 0 Å². The van der Waals surface area contributed by atoms with Crippen molar-refractivity contribution in [1.82, 2.24) is 10.2 Å². The summed E-state index contributed by atoms with van der Waals surface area (Å²) in [7, 11) is 2.08. The third-order valence-electron chi connectivity index (χ3n) is 5.58. The molecule has 0 radical (unpaired) electrons. The normalized spacial score (nSPS) is 19.8. The van der Waals surface area contributed by atoms with E-state index in [-0.39, 0.29) is 0 Å². The summed E-state index contributed by atoms with van der Waals surface area (Å²) in [5.41, 5.74) is 3.35. The van der Waals surface area contributed by atoms with E-state index in [1.165, 1.54) is 56.4 Å². The molecule has 0 saturated carbocycles. The summed E-state index contributed by atoms with van der Waals surface area (Å²) >= 11 is 0. The Hall–Kier alpha value is -0.860. The maximum Gasteiger partial charge on any atom is 0.0329 e. The molecule has 1 heterocycles. The predicted molar refractivity (Wildman–Crippen MR) is 91.7 cm³/mol. The van der Waals surface area contributed by atoms with Crippen LogP contribution >= 0.6 is 0 Å². The van der Waals surface area contributed by atoms with Gasteiger partial charge in [0.25, 0.3) is 0 Å². The van der Waals surface area contributed by atoms with Gasteiger partial charge in [0, 0.05) is 12.6 Å². The quantitative estimate of drug-likeness (QED) is 0.810. The minimum atomic E-state index is 0.476. The monoisotopic (exact) mass is 288 g/mol. The van der Waals surface area contributed by atoms with Gasteiger partial charge in [-0.2, -0.15) is 0 Å². The van der Waals surface area contributed by atoms with Crippen molar-refractivity contribution in [1.29, 1.82) is 0 Å². The fourth-order valence-corrected chi connectivity index (χ4v) is 3.63. The Morgan fingerprint density at radius 1 is 1.19 bits per heavy atom. The lowest BCUT2D eigenvalue weighted by molar-refractivity contribution is 0.234. The van der Waals surface area contributed by atoms with Gasteiger partial charge in [-0.15, -0.1) is 0 Å². The Morgan fingerprint density at radius 2 is 1.86 bits per heavy atom. The summed E-state index contributed by atoms with van der Waals surface area (Å²) in [6, 6.07) is 9.44. The molecular formula is C19H32N2. The molecule has 1 aromatic rings. The highest BCUT2D eigenvalue weighted by Gasteiger charge is 2.34. The number of likely N-dealkylation sites (tertiary alicyclic amines) is 1. The number of nitrogens with zero attached hydrogens (tertiary/aromatic N) is 1. The van der Waals surface area contributed by atoms with Crippen LogP contribution in [0.2, 0.25) is 0 Å². The van der Waals surface area contributed by atoms with E-state index in [4.69, 9.17) is 0 Å². The molecule has 0 spiro atoms. The second kappa shape index (κ2) is 7.42. The average Bonchev–Trinajstić information content (AvgIpc) is 2.94. The molecule has 2 rings (SSSR count). The number of aryl methyl sites for hydroxylation is 1. The van der Waals surface area contributed by atoms with E-state index < -0.39 is 0 Å². The molecule has 0 bridgehead atoms. The van der Waals surface area contributed by atoms with E-state index in [1.807, 2.05) is 0 Å². The smallest absolute Gasteiger partial charge is 0.0329 e. The number of nitrogens with one attached hydrogen (secondary N) is 1. The van der Waals surface area contributed by atoms with Crippen molar-refractivity contribution in [2.75, 3.05) is 26.7 Å². The predicted octanol–water partition coefficient (Wildman–Crippen LogP) is 4.16. The lowest BCUT2D eigenvalue weighted by Gasteiger charge is -2.27. The molecular weight excluding hydrogens is 256 g/mol. The van der Waals surface area contributed by atoms with Gasteiger partial charge in [0.1, 0.15) is 0 Å². The molecule has 0 aromatic heterocycles. The van der Waals surface area contributed by atoms with Crippen molar-refractivity contribution in [2.24, 2.45) is 5.41 Å². The van der Waals surface area contributed by atoms with Crippen LogP contribution in [-0.4, -0.2) is 31.6 Å². The number of hydrogen-bond donors (Lipinski definition) is 1. The van der Waals surface area contributed by atoms with Crippen LogP contribution in [0.1, 0.15) is 56.7 Å². The van der Waals surface area contributed by atoms with E-state index in [1.54, 1.807) is 0 Å². The highest BCUT2D eigenvalue weighted by molar-refractivity contribution is 5.24. The van der Waals surface area contributed by atoms with Gasteiger partial charge >= 0.3 is 0 Å². The van der Waals surface area contributed by atoms with Crippen LogP contribution in [-0.2, 0) is 0 Å². The standard InChI is InChI=1S/C19H32N2/c1-5-19(6-2)12-14-21(15-19)13-11-18(20-4)17-9-7-16(3)8-10-17/h7-10,18,20H,5-6,11-15H2,1-4H3. The van der Waals surface area contributed by atoms with Gasteiger partial charge in [-0.3, -0.25) is 0 Å². The Labute approximate surface area is 130 Å². The first kappa shape index (κ1) is 16.5. The summed E-state index contributed by atoms with van der Waals surface area (Å²) in [5.74, 6) is 0. The molecule has 1 saturated heterocycles. The molecule has 1 aliphatic heterocycles. The summed E-state index contributed by atoms with van der Waals surface area (Å²) in [6.45, 7) is 10.7. The topological polar surface area (TPSA) is 15.3 Å². The average molecular weight is 288 g/mol. The van der Waals surface area contributed by atoms with E-state index >= 15 is 0 Å². The van der Waals surface area contributed by atoms with Gasteiger partial charge in [-0.25, -0.2) is 0 Å². The fraction of sp³-hybridized carbons (Fsp3) is 0.684. The van der Waals surface area contributed by atoms with Crippen LogP contribution in [0.4, 0.5) is 0 Å². The number of benzene rings is 1. The highest BCUT2D eigenvalue weighted by Crippen LogP contribution is 2.37. The molecule has 1 fully saturated rings. The zero-order valence-corrected chi connectivity index (χ0v) is 14.3. The number of rotatable bonds is 7. The van der Waals surface area contributed by atoms with E-state index in [2.05, 4.69) is 62.3 Å². The molecule has 118 valence electrons. The zero-order valence-electron chi connectivity index (χ0n) is 14.3. The summed E-state index contributed by atoms with van der Waals surface area (Å²) in [5, 5.41) is 3.48. The van der Waals surface area contributed by atoms with Crippen LogP contribution in [0, 0.1) is 12.3 Å².